The maximum Gasteiger partial charge on any atom is 0.418 e. The van der Waals surface area contributed by atoms with Gasteiger partial charge in [0.2, 0.25) is 0 Å². The standard InChI is InChI=1S/C30H36F3N9O4/c1-29(2,3)46-28(44)37-18-8-11-41(12-9-18)21-5-4-10-35-26(21)40-27(43)24-25(34)36-17-20(38-24)23-19(30(31,32)33)6-7-22(39-23)42-13-15-45-16-14-42/h4-7,10,17-18H,8-9,11-16H2,1-3H3,(H2,34,36)(H,37,44)(H,35,40,43). The van der Waals surface area contributed by atoms with Gasteiger partial charge in [0.15, 0.2) is 17.3 Å². The van der Waals surface area contributed by atoms with Gasteiger partial charge in [-0.1, -0.05) is 0 Å². The number of nitrogens with two attached hydrogens (primary N) is 1. The lowest BCUT2D eigenvalue weighted by molar-refractivity contribution is -0.137. The van der Waals surface area contributed by atoms with Crippen LogP contribution in [0.5, 0.6) is 0 Å². The Bertz CT molecular complexity index is 1570. The minimum atomic E-state index is -4.74. The van der Waals surface area contributed by atoms with Crippen molar-refractivity contribution in [2.45, 2.75) is 51.4 Å². The smallest absolute Gasteiger partial charge is 0.418 e. The molecule has 2 aliphatic heterocycles. The SMILES string of the molecule is CC(C)(C)OC(=O)NC1CCN(c2cccnc2NC(=O)c2nc(-c3nc(N4CCOCC4)ccc3C(F)(F)F)cnc2N)CC1. The molecule has 0 aromatic carbocycles. The Labute approximate surface area is 263 Å². The fourth-order valence-corrected chi connectivity index (χ4v) is 5.18. The second-order valence-corrected chi connectivity index (χ2v) is 11.9. The van der Waals surface area contributed by atoms with E-state index in [1.807, 2.05) is 9.80 Å². The van der Waals surface area contributed by atoms with Gasteiger partial charge in [-0.05, 0) is 57.9 Å². The largest absolute Gasteiger partial charge is 0.444 e. The van der Waals surface area contributed by atoms with Crippen LogP contribution in [0.1, 0.15) is 49.7 Å². The molecule has 0 spiro atoms. The highest BCUT2D eigenvalue weighted by atomic mass is 19.4. The minimum absolute atomic E-state index is 0.0874. The first kappa shape index (κ1) is 32.7. The molecule has 4 N–H and O–H groups in total. The van der Waals surface area contributed by atoms with Gasteiger partial charge in [0, 0.05) is 38.4 Å². The molecule has 13 nitrogen and oxygen atoms in total. The summed E-state index contributed by atoms with van der Waals surface area (Å²) in [6.45, 7) is 8.25. The Kier molecular flexibility index (Phi) is 9.46. The van der Waals surface area contributed by atoms with Gasteiger partial charge >= 0.3 is 12.3 Å². The summed E-state index contributed by atoms with van der Waals surface area (Å²) in [4.78, 5) is 46.3. The number of carbonyl (C=O) groups excluding carboxylic acids is 2. The zero-order valence-electron chi connectivity index (χ0n) is 25.7. The van der Waals surface area contributed by atoms with E-state index < -0.39 is 35.0 Å². The monoisotopic (exact) mass is 643 g/mol. The number of alkyl carbamates (subject to hydrolysis) is 1. The number of piperidine rings is 1. The highest BCUT2D eigenvalue weighted by molar-refractivity contribution is 6.06. The number of anilines is 4. The quantitative estimate of drug-likeness (QED) is 0.355. The van der Waals surface area contributed by atoms with Crippen LogP contribution in [0.4, 0.5) is 41.1 Å². The third-order valence-corrected chi connectivity index (χ3v) is 7.35. The molecule has 0 radical (unpaired) electrons. The predicted octanol–water partition coefficient (Wildman–Crippen LogP) is 4.12. The number of nitrogens with zero attached hydrogens (tertiary/aromatic N) is 6. The average molecular weight is 644 g/mol. The molecule has 16 heteroatoms. The summed E-state index contributed by atoms with van der Waals surface area (Å²) in [6, 6.07) is 5.66. The van der Waals surface area contributed by atoms with Gasteiger partial charge in [-0.25, -0.2) is 24.7 Å². The number of aromatic nitrogens is 4. The summed E-state index contributed by atoms with van der Waals surface area (Å²) in [7, 11) is 0. The van der Waals surface area contributed by atoms with Gasteiger partial charge in [-0.3, -0.25) is 4.79 Å². The highest BCUT2D eigenvalue weighted by Gasteiger charge is 2.36. The maximum absolute atomic E-state index is 14.0. The average Bonchev–Trinajstić information content (AvgIpc) is 3.01. The summed E-state index contributed by atoms with van der Waals surface area (Å²) < 4.78 is 52.8. The van der Waals surface area contributed by atoms with E-state index >= 15 is 0 Å². The van der Waals surface area contributed by atoms with E-state index in [9.17, 15) is 22.8 Å². The number of carbonyl (C=O) groups is 2. The third kappa shape index (κ3) is 7.91. The van der Waals surface area contributed by atoms with Gasteiger partial charge < -0.3 is 35.6 Å². The number of morpholine rings is 1. The van der Waals surface area contributed by atoms with Gasteiger partial charge in [-0.15, -0.1) is 0 Å². The van der Waals surface area contributed by atoms with Crippen LogP contribution in [0, 0.1) is 0 Å². The Hall–Kier alpha value is -4.73. The van der Waals surface area contributed by atoms with E-state index in [2.05, 4.69) is 30.6 Å². The summed E-state index contributed by atoms with van der Waals surface area (Å²) in [5, 5.41) is 5.58. The molecule has 0 unspecified atom stereocenters. The van der Waals surface area contributed by atoms with Crippen molar-refractivity contribution in [2.75, 3.05) is 60.2 Å². The molecule has 2 saturated heterocycles. The molecule has 0 atom stereocenters. The summed E-state index contributed by atoms with van der Waals surface area (Å²) in [5.41, 5.74) is 3.87. The van der Waals surface area contributed by atoms with Crippen LogP contribution in [-0.4, -0.2) is 83.0 Å². The van der Waals surface area contributed by atoms with Crippen molar-refractivity contribution in [1.29, 1.82) is 0 Å². The Morgan fingerprint density at radius 3 is 2.39 bits per heavy atom. The predicted molar refractivity (Wildman–Crippen MR) is 165 cm³/mol. The molecule has 2 amide bonds. The lowest BCUT2D eigenvalue weighted by Crippen LogP contribution is -2.46. The lowest BCUT2D eigenvalue weighted by Gasteiger charge is -2.34. The molecule has 0 saturated carbocycles. The Morgan fingerprint density at radius 1 is 1.00 bits per heavy atom. The van der Waals surface area contributed by atoms with Crippen LogP contribution >= 0.6 is 0 Å². The highest BCUT2D eigenvalue weighted by Crippen LogP contribution is 2.37. The summed E-state index contributed by atoms with van der Waals surface area (Å²) in [6.07, 6.45) is -1.41. The van der Waals surface area contributed by atoms with Crippen LogP contribution in [0.25, 0.3) is 11.4 Å². The molecule has 246 valence electrons. The molecule has 2 fully saturated rings. The van der Waals surface area contributed by atoms with E-state index in [-0.39, 0.29) is 29.1 Å². The first-order valence-corrected chi connectivity index (χ1v) is 14.8. The molecular weight excluding hydrogens is 607 g/mol. The van der Waals surface area contributed by atoms with Crippen molar-refractivity contribution >= 4 is 35.1 Å². The first-order valence-electron chi connectivity index (χ1n) is 14.8. The number of ether oxygens (including phenoxy) is 2. The molecule has 0 bridgehead atoms. The summed E-state index contributed by atoms with van der Waals surface area (Å²) >= 11 is 0. The van der Waals surface area contributed by atoms with E-state index in [0.29, 0.717) is 63.7 Å². The van der Waals surface area contributed by atoms with E-state index in [1.165, 1.54) is 12.3 Å². The van der Waals surface area contributed by atoms with E-state index in [0.717, 1.165) is 12.3 Å². The van der Waals surface area contributed by atoms with Gasteiger partial charge in [0.1, 0.15) is 22.8 Å². The van der Waals surface area contributed by atoms with Crippen LogP contribution in [0.2, 0.25) is 0 Å². The van der Waals surface area contributed by atoms with Crippen LogP contribution in [0.15, 0.2) is 36.7 Å². The maximum atomic E-state index is 14.0. The van der Waals surface area contributed by atoms with Crippen LogP contribution < -0.4 is 26.2 Å². The van der Waals surface area contributed by atoms with Crippen molar-refractivity contribution in [2.24, 2.45) is 0 Å². The number of halogens is 3. The Balaban J connectivity index is 1.35. The number of alkyl halides is 3. The summed E-state index contributed by atoms with van der Waals surface area (Å²) in [5.74, 6) is -0.544. The number of nitrogens with one attached hydrogen (secondary N) is 2. The van der Waals surface area contributed by atoms with Gasteiger partial charge in [0.05, 0.1) is 30.7 Å². The van der Waals surface area contributed by atoms with Gasteiger partial charge in [-0.2, -0.15) is 13.2 Å². The first-order chi connectivity index (χ1) is 21.8. The van der Waals surface area contributed by atoms with Crippen molar-refractivity contribution in [3.63, 3.8) is 0 Å². The number of hydrogen-bond acceptors (Lipinski definition) is 11. The van der Waals surface area contributed by atoms with Crippen molar-refractivity contribution in [3.8, 4) is 11.4 Å². The van der Waals surface area contributed by atoms with Crippen LogP contribution in [-0.2, 0) is 15.7 Å². The molecule has 3 aromatic rings. The number of rotatable bonds is 6. The topological polar surface area (TPSA) is 161 Å². The molecular formula is C30H36F3N9O4. The molecule has 46 heavy (non-hydrogen) atoms. The van der Waals surface area contributed by atoms with Crippen molar-refractivity contribution in [3.05, 3.63) is 47.9 Å². The number of nitrogen functional groups attached to an aromatic ring is 1. The second kappa shape index (κ2) is 13.3. The minimum Gasteiger partial charge on any atom is -0.444 e. The molecule has 3 aromatic heterocycles. The molecule has 2 aliphatic rings. The van der Waals surface area contributed by atoms with Gasteiger partial charge in [0.25, 0.3) is 5.91 Å². The number of amides is 2. The zero-order valence-corrected chi connectivity index (χ0v) is 25.7. The lowest BCUT2D eigenvalue weighted by atomic mass is 10.0. The third-order valence-electron chi connectivity index (χ3n) is 7.35. The Morgan fingerprint density at radius 2 is 1.72 bits per heavy atom. The molecule has 5 heterocycles. The second-order valence-electron chi connectivity index (χ2n) is 11.9. The fourth-order valence-electron chi connectivity index (χ4n) is 5.18. The fraction of sp³-hybridized carbons (Fsp3) is 0.467. The van der Waals surface area contributed by atoms with Crippen molar-refractivity contribution < 1.29 is 32.2 Å². The van der Waals surface area contributed by atoms with Crippen LogP contribution in [0.3, 0.4) is 0 Å². The molecule has 0 aliphatic carbocycles. The number of pyridine rings is 2. The molecule has 5 rings (SSSR count). The van der Waals surface area contributed by atoms with Crippen molar-refractivity contribution in [1.82, 2.24) is 25.3 Å². The normalized spacial score (nSPS) is 16.2. The zero-order chi connectivity index (χ0) is 33.1. The van der Waals surface area contributed by atoms with E-state index in [4.69, 9.17) is 15.2 Å². The number of hydrogen-bond donors (Lipinski definition) is 3. The van der Waals surface area contributed by atoms with E-state index in [1.54, 1.807) is 32.9 Å².